The molecule has 0 amide bonds. The number of hydrogen-bond donors (Lipinski definition) is 1. The summed E-state index contributed by atoms with van der Waals surface area (Å²) in [6.45, 7) is 0. The fourth-order valence-corrected chi connectivity index (χ4v) is 2.31. The SMILES string of the molecule is O=C(CCC(=O)c1ccccc1F)c1ccc2[nH]ncc2c1. The molecular weight excluding hydrogens is 283 g/mol. The Hall–Kier alpha value is -2.82. The van der Waals surface area contributed by atoms with E-state index < -0.39 is 5.82 Å². The number of carbonyl (C=O) groups is 2. The first-order valence-electron chi connectivity index (χ1n) is 6.89. The van der Waals surface area contributed by atoms with Gasteiger partial charge in [0.1, 0.15) is 5.82 Å². The van der Waals surface area contributed by atoms with Crippen molar-refractivity contribution in [2.45, 2.75) is 12.8 Å². The first-order valence-corrected chi connectivity index (χ1v) is 6.89. The fraction of sp³-hybridized carbons (Fsp3) is 0.118. The lowest BCUT2D eigenvalue weighted by Gasteiger charge is -2.03. The van der Waals surface area contributed by atoms with E-state index in [2.05, 4.69) is 10.2 Å². The van der Waals surface area contributed by atoms with Gasteiger partial charge in [0.25, 0.3) is 0 Å². The van der Waals surface area contributed by atoms with Gasteiger partial charge in [-0.2, -0.15) is 5.10 Å². The van der Waals surface area contributed by atoms with Crippen LogP contribution in [-0.4, -0.2) is 21.8 Å². The van der Waals surface area contributed by atoms with Gasteiger partial charge in [-0.1, -0.05) is 12.1 Å². The maximum Gasteiger partial charge on any atom is 0.166 e. The number of nitrogens with zero attached hydrogens (tertiary/aromatic N) is 1. The van der Waals surface area contributed by atoms with Crippen molar-refractivity contribution in [2.75, 3.05) is 0 Å². The number of fused-ring (bicyclic) bond motifs is 1. The Bertz CT molecular complexity index is 854. The van der Waals surface area contributed by atoms with Crippen molar-refractivity contribution in [3.63, 3.8) is 0 Å². The Kier molecular flexibility index (Phi) is 3.78. The second kappa shape index (κ2) is 5.89. The van der Waals surface area contributed by atoms with Crippen LogP contribution < -0.4 is 0 Å². The molecule has 0 aliphatic heterocycles. The van der Waals surface area contributed by atoms with Gasteiger partial charge in [-0.05, 0) is 30.3 Å². The second-order valence-electron chi connectivity index (χ2n) is 5.00. The minimum absolute atomic E-state index is 0.0107. The number of aromatic amines is 1. The third-order valence-corrected chi connectivity index (χ3v) is 3.52. The van der Waals surface area contributed by atoms with Gasteiger partial charge in [-0.15, -0.1) is 0 Å². The molecule has 0 saturated carbocycles. The quantitative estimate of drug-likeness (QED) is 0.732. The lowest BCUT2D eigenvalue weighted by Crippen LogP contribution is -2.06. The van der Waals surface area contributed by atoms with Gasteiger partial charge in [0.05, 0.1) is 17.3 Å². The van der Waals surface area contributed by atoms with Crippen LogP contribution in [0.5, 0.6) is 0 Å². The third-order valence-electron chi connectivity index (χ3n) is 3.52. The molecule has 0 fully saturated rings. The number of carbonyl (C=O) groups excluding carboxylic acids is 2. The zero-order valence-electron chi connectivity index (χ0n) is 11.7. The van der Waals surface area contributed by atoms with E-state index >= 15 is 0 Å². The van der Waals surface area contributed by atoms with Crippen LogP contribution in [0, 0.1) is 5.82 Å². The van der Waals surface area contributed by atoms with Crippen LogP contribution in [0.25, 0.3) is 10.9 Å². The summed E-state index contributed by atoms with van der Waals surface area (Å²) in [6.07, 6.45) is 1.68. The Morgan fingerprint density at radius 1 is 1.05 bits per heavy atom. The second-order valence-corrected chi connectivity index (χ2v) is 5.00. The van der Waals surface area contributed by atoms with Gasteiger partial charge in [0.15, 0.2) is 11.6 Å². The van der Waals surface area contributed by atoms with Crippen LogP contribution in [0.15, 0.2) is 48.7 Å². The summed E-state index contributed by atoms with van der Waals surface area (Å²) >= 11 is 0. The standard InChI is InChI=1S/C17H13FN2O2/c18-14-4-2-1-3-13(14)17(22)8-7-16(21)11-5-6-15-12(9-11)10-19-20-15/h1-6,9-10H,7-8H2,(H,19,20). The van der Waals surface area contributed by atoms with Crippen LogP contribution in [0.4, 0.5) is 4.39 Å². The highest BCUT2D eigenvalue weighted by atomic mass is 19.1. The summed E-state index contributed by atoms with van der Waals surface area (Å²) in [5.74, 6) is -1.07. The largest absolute Gasteiger partial charge is 0.294 e. The van der Waals surface area contributed by atoms with Crippen LogP contribution in [-0.2, 0) is 0 Å². The molecule has 1 heterocycles. The van der Waals surface area contributed by atoms with E-state index in [0.29, 0.717) is 5.56 Å². The summed E-state index contributed by atoms with van der Waals surface area (Å²) < 4.78 is 13.5. The summed E-state index contributed by atoms with van der Waals surface area (Å²) in [6, 6.07) is 11.0. The van der Waals surface area contributed by atoms with Gasteiger partial charge in [0, 0.05) is 23.8 Å². The smallest absolute Gasteiger partial charge is 0.166 e. The molecule has 110 valence electrons. The van der Waals surface area contributed by atoms with Crippen molar-refractivity contribution in [2.24, 2.45) is 0 Å². The first kappa shape index (κ1) is 14.1. The monoisotopic (exact) mass is 296 g/mol. The molecule has 0 aliphatic carbocycles. The van der Waals surface area contributed by atoms with Crippen LogP contribution in [0.2, 0.25) is 0 Å². The maximum absolute atomic E-state index is 13.5. The molecule has 3 rings (SSSR count). The molecule has 5 heteroatoms. The first-order chi connectivity index (χ1) is 10.6. The Morgan fingerprint density at radius 2 is 1.82 bits per heavy atom. The summed E-state index contributed by atoms with van der Waals surface area (Å²) in [4.78, 5) is 24.1. The van der Waals surface area contributed by atoms with E-state index in [4.69, 9.17) is 0 Å². The van der Waals surface area contributed by atoms with Crippen molar-refractivity contribution in [1.29, 1.82) is 0 Å². The van der Waals surface area contributed by atoms with Crippen LogP contribution in [0.3, 0.4) is 0 Å². The zero-order chi connectivity index (χ0) is 15.5. The van der Waals surface area contributed by atoms with Gasteiger partial charge in [-0.3, -0.25) is 14.7 Å². The molecule has 0 atom stereocenters. The van der Waals surface area contributed by atoms with Gasteiger partial charge in [0.2, 0.25) is 0 Å². The average molecular weight is 296 g/mol. The van der Waals surface area contributed by atoms with E-state index in [0.717, 1.165) is 10.9 Å². The molecule has 1 aromatic heterocycles. The molecule has 0 aliphatic rings. The molecule has 0 spiro atoms. The Labute approximate surface area is 126 Å². The molecular formula is C17H13FN2O2. The molecule has 1 N–H and O–H groups in total. The van der Waals surface area contributed by atoms with Gasteiger partial charge in [-0.25, -0.2) is 4.39 Å². The molecule has 22 heavy (non-hydrogen) atoms. The minimum Gasteiger partial charge on any atom is -0.294 e. The number of ketones is 2. The number of rotatable bonds is 5. The molecule has 2 aromatic carbocycles. The molecule has 0 radical (unpaired) electrons. The predicted molar refractivity (Wildman–Crippen MR) is 80.4 cm³/mol. The highest BCUT2D eigenvalue weighted by molar-refractivity contribution is 6.03. The maximum atomic E-state index is 13.5. The van der Waals surface area contributed by atoms with E-state index in [-0.39, 0.29) is 30.0 Å². The number of H-pyrrole nitrogens is 1. The molecule has 0 saturated heterocycles. The number of benzene rings is 2. The van der Waals surface area contributed by atoms with Gasteiger partial charge < -0.3 is 0 Å². The Morgan fingerprint density at radius 3 is 2.64 bits per heavy atom. The van der Waals surface area contributed by atoms with E-state index in [9.17, 15) is 14.0 Å². The Balaban J connectivity index is 1.69. The van der Waals surface area contributed by atoms with Crippen molar-refractivity contribution in [3.05, 3.63) is 65.6 Å². The molecule has 3 aromatic rings. The number of aromatic nitrogens is 2. The van der Waals surface area contributed by atoms with Crippen molar-refractivity contribution >= 4 is 22.5 Å². The van der Waals surface area contributed by atoms with Crippen LogP contribution in [0.1, 0.15) is 33.6 Å². The normalized spacial score (nSPS) is 10.8. The van der Waals surface area contributed by atoms with E-state index in [1.54, 1.807) is 30.5 Å². The topological polar surface area (TPSA) is 62.8 Å². The summed E-state index contributed by atoms with van der Waals surface area (Å²) in [5.41, 5.74) is 1.40. The fourth-order valence-electron chi connectivity index (χ4n) is 2.31. The number of halogens is 1. The predicted octanol–water partition coefficient (Wildman–Crippen LogP) is 3.55. The highest BCUT2D eigenvalue weighted by Crippen LogP contribution is 2.16. The van der Waals surface area contributed by atoms with E-state index in [1.807, 2.05) is 0 Å². The lowest BCUT2D eigenvalue weighted by atomic mass is 10.0. The van der Waals surface area contributed by atoms with E-state index in [1.165, 1.54) is 18.2 Å². The summed E-state index contributed by atoms with van der Waals surface area (Å²) in [5, 5.41) is 7.54. The third kappa shape index (κ3) is 2.79. The molecule has 0 bridgehead atoms. The minimum atomic E-state index is -0.556. The number of hydrogen-bond acceptors (Lipinski definition) is 3. The van der Waals surface area contributed by atoms with Crippen molar-refractivity contribution in [1.82, 2.24) is 10.2 Å². The lowest BCUT2D eigenvalue weighted by molar-refractivity contribution is 0.0915. The molecule has 4 nitrogen and oxygen atoms in total. The van der Waals surface area contributed by atoms with Crippen LogP contribution >= 0.6 is 0 Å². The van der Waals surface area contributed by atoms with Crippen molar-refractivity contribution < 1.29 is 14.0 Å². The summed E-state index contributed by atoms with van der Waals surface area (Å²) in [7, 11) is 0. The zero-order valence-corrected chi connectivity index (χ0v) is 11.7. The van der Waals surface area contributed by atoms with Gasteiger partial charge >= 0.3 is 0 Å². The number of nitrogens with one attached hydrogen (secondary N) is 1. The molecule has 0 unspecified atom stereocenters. The average Bonchev–Trinajstić information content (AvgIpc) is 3.00. The van der Waals surface area contributed by atoms with Crippen molar-refractivity contribution in [3.8, 4) is 0 Å². The highest BCUT2D eigenvalue weighted by Gasteiger charge is 2.14. The number of Topliss-reactive ketones (excluding diaryl/α,β-unsaturated/α-hetero) is 2.